The number of carbonyl (C=O) groups is 3. The van der Waals surface area contributed by atoms with Gasteiger partial charge >= 0.3 is 5.97 Å². The number of aryl methyl sites for hydroxylation is 2. The summed E-state index contributed by atoms with van der Waals surface area (Å²) in [4.78, 5) is 43.0. The summed E-state index contributed by atoms with van der Waals surface area (Å²) in [6, 6.07) is 12.6. The number of nitrogens with one attached hydrogen (secondary N) is 1. The number of carbonyl (C=O) groups excluding carboxylic acids is 3. The first-order valence-electron chi connectivity index (χ1n) is 9.99. The van der Waals surface area contributed by atoms with Crippen molar-refractivity contribution < 1.29 is 19.1 Å². The van der Waals surface area contributed by atoms with Crippen LogP contribution in [0.3, 0.4) is 0 Å². The zero-order chi connectivity index (χ0) is 22.5. The second kappa shape index (κ2) is 9.78. The third-order valence-electron chi connectivity index (χ3n) is 4.84. The monoisotopic (exact) mass is 439 g/mol. The maximum Gasteiger partial charge on any atom is 0.308 e. The molecule has 2 amide bonds. The molecule has 0 aromatic heterocycles. The van der Waals surface area contributed by atoms with Crippen molar-refractivity contribution in [3.63, 3.8) is 0 Å². The molecule has 2 aromatic carbocycles. The van der Waals surface area contributed by atoms with Crippen molar-refractivity contribution in [3.05, 3.63) is 53.6 Å². The van der Waals surface area contributed by atoms with Gasteiger partial charge in [0.2, 0.25) is 11.8 Å². The fourth-order valence-corrected chi connectivity index (χ4v) is 4.33. The first kappa shape index (κ1) is 22.6. The molecule has 7 nitrogen and oxygen atoms in total. The van der Waals surface area contributed by atoms with Gasteiger partial charge in [0.1, 0.15) is 5.25 Å². The van der Waals surface area contributed by atoms with E-state index in [0.717, 1.165) is 11.3 Å². The fourth-order valence-electron chi connectivity index (χ4n) is 3.11. The van der Waals surface area contributed by atoms with Crippen molar-refractivity contribution in [1.82, 2.24) is 4.90 Å². The molecule has 1 aliphatic heterocycles. The molecule has 162 valence electrons. The lowest BCUT2D eigenvalue weighted by atomic mass is 10.1. The average molecular weight is 440 g/mol. The largest absolute Gasteiger partial charge is 0.424 e. The third kappa shape index (κ3) is 5.52. The van der Waals surface area contributed by atoms with Gasteiger partial charge in [-0.15, -0.1) is 0 Å². The summed E-state index contributed by atoms with van der Waals surface area (Å²) >= 11 is 1.29. The van der Waals surface area contributed by atoms with E-state index in [1.807, 2.05) is 39.0 Å². The Bertz CT molecular complexity index is 1050. The highest BCUT2D eigenvalue weighted by Gasteiger charge is 2.38. The van der Waals surface area contributed by atoms with E-state index in [9.17, 15) is 14.4 Å². The number of ether oxygens (including phenoxy) is 1. The molecule has 0 unspecified atom stereocenters. The molecule has 0 radical (unpaired) electrons. The minimum Gasteiger partial charge on any atom is -0.424 e. The summed E-state index contributed by atoms with van der Waals surface area (Å²) < 4.78 is 5.12. The smallest absolute Gasteiger partial charge is 0.308 e. The Balaban J connectivity index is 1.73. The number of hydrogen-bond acceptors (Lipinski definition) is 6. The van der Waals surface area contributed by atoms with Crippen LogP contribution in [-0.4, -0.2) is 39.6 Å². The standard InChI is InChI=1S/C23H25N3O4S/c1-5-26-22(29)20(31-23(26)24-17-11-10-14(2)15(3)12-17)13-21(28)25-18-8-6-7-9-19(18)30-16(4)27/h6-12,20H,5,13H2,1-4H3,(H,25,28)/t20-/m1/s1. The predicted octanol–water partition coefficient (Wildman–Crippen LogP) is 4.21. The molecule has 31 heavy (non-hydrogen) atoms. The number of benzene rings is 2. The van der Waals surface area contributed by atoms with E-state index in [1.165, 1.54) is 24.2 Å². The molecule has 1 fully saturated rings. The second-order valence-corrected chi connectivity index (χ2v) is 8.36. The van der Waals surface area contributed by atoms with Crippen molar-refractivity contribution in [2.45, 2.75) is 39.4 Å². The van der Waals surface area contributed by atoms with Crippen LogP contribution in [0.1, 0.15) is 31.4 Å². The summed E-state index contributed by atoms with van der Waals surface area (Å²) in [6.45, 7) is 7.70. The lowest BCUT2D eigenvalue weighted by Gasteiger charge is -2.14. The summed E-state index contributed by atoms with van der Waals surface area (Å²) in [5, 5.41) is 2.76. The van der Waals surface area contributed by atoms with Crippen molar-refractivity contribution in [1.29, 1.82) is 0 Å². The Morgan fingerprint density at radius 1 is 1.16 bits per heavy atom. The van der Waals surface area contributed by atoms with Crippen molar-refractivity contribution in [2.24, 2.45) is 4.99 Å². The SMILES string of the molecule is CCN1C(=O)[C@@H](CC(=O)Nc2ccccc2OC(C)=O)SC1=Nc1ccc(C)c(C)c1. The number of thioether (sulfide) groups is 1. The molecular weight excluding hydrogens is 414 g/mol. The lowest BCUT2D eigenvalue weighted by Crippen LogP contribution is -2.33. The van der Waals surface area contributed by atoms with Crippen LogP contribution in [0.15, 0.2) is 47.5 Å². The molecule has 3 rings (SSSR count). The lowest BCUT2D eigenvalue weighted by molar-refractivity contribution is -0.132. The summed E-state index contributed by atoms with van der Waals surface area (Å²) in [5.41, 5.74) is 3.46. The maximum absolute atomic E-state index is 12.8. The van der Waals surface area contributed by atoms with Gasteiger partial charge in [-0.25, -0.2) is 4.99 Å². The van der Waals surface area contributed by atoms with Crippen molar-refractivity contribution >= 4 is 46.1 Å². The number of esters is 1. The van der Waals surface area contributed by atoms with Gasteiger partial charge in [-0.1, -0.05) is 30.0 Å². The number of aliphatic imine (C=N–C) groups is 1. The number of amides is 2. The topological polar surface area (TPSA) is 88.1 Å². The van der Waals surface area contributed by atoms with E-state index in [4.69, 9.17) is 4.74 Å². The number of para-hydroxylation sites is 2. The van der Waals surface area contributed by atoms with Crippen LogP contribution < -0.4 is 10.1 Å². The maximum atomic E-state index is 12.8. The Hall–Kier alpha value is -3.13. The van der Waals surface area contributed by atoms with Gasteiger partial charge in [0.25, 0.3) is 0 Å². The first-order chi connectivity index (χ1) is 14.8. The highest BCUT2D eigenvalue weighted by molar-refractivity contribution is 8.15. The fraction of sp³-hybridized carbons (Fsp3) is 0.304. The summed E-state index contributed by atoms with van der Waals surface area (Å²) in [6.07, 6.45) is -0.0135. The van der Waals surface area contributed by atoms with Gasteiger partial charge in [0, 0.05) is 19.9 Å². The van der Waals surface area contributed by atoms with E-state index in [0.29, 0.717) is 17.4 Å². The molecule has 2 aromatic rings. The molecule has 1 atom stereocenters. The van der Waals surface area contributed by atoms with Gasteiger partial charge in [-0.3, -0.25) is 19.3 Å². The molecule has 0 spiro atoms. The van der Waals surface area contributed by atoms with E-state index < -0.39 is 11.2 Å². The van der Waals surface area contributed by atoms with E-state index in [-0.39, 0.29) is 24.0 Å². The molecule has 0 bridgehead atoms. The number of amidine groups is 1. The van der Waals surface area contributed by atoms with Gasteiger partial charge in [0.15, 0.2) is 10.9 Å². The van der Waals surface area contributed by atoms with Crippen LogP contribution in [0, 0.1) is 13.8 Å². The van der Waals surface area contributed by atoms with Gasteiger partial charge in [0.05, 0.1) is 11.4 Å². The highest BCUT2D eigenvalue weighted by Crippen LogP contribution is 2.32. The molecule has 8 heteroatoms. The minimum absolute atomic E-state index is 0.0135. The van der Waals surface area contributed by atoms with Crippen LogP contribution in [-0.2, 0) is 14.4 Å². The van der Waals surface area contributed by atoms with Crippen LogP contribution in [0.2, 0.25) is 0 Å². The van der Waals surface area contributed by atoms with E-state index >= 15 is 0 Å². The minimum atomic E-state index is -0.564. The zero-order valence-corrected chi connectivity index (χ0v) is 18.8. The van der Waals surface area contributed by atoms with Gasteiger partial charge in [-0.2, -0.15) is 0 Å². The van der Waals surface area contributed by atoms with Crippen molar-refractivity contribution in [3.8, 4) is 5.75 Å². The van der Waals surface area contributed by atoms with Crippen LogP contribution in [0.4, 0.5) is 11.4 Å². The number of hydrogen-bond donors (Lipinski definition) is 1. The Morgan fingerprint density at radius 3 is 2.58 bits per heavy atom. The molecule has 0 saturated carbocycles. The van der Waals surface area contributed by atoms with Crippen molar-refractivity contribution in [2.75, 3.05) is 11.9 Å². The Kier molecular flexibility index (Phi) is 7.12. The van der Waals surface area contributed by atoms with Crippen LogP contribution >= 0.6 is 11.8 Å². The van der Waals surface area contributed by atoms with Crippen LogP contribution in [0.25, 0.3) is 0 Å². The van der Waals surface area contributed by atoms with Gasteiger partial charge < -0.3 is 10.1 Å². The molecule has 1 aliphatic rings. The molecule has 1 saturated heterocycles. The Morgan fingerprint density at radius 2 is 1.90 bits per heavy atom. The average Bonchev–Trinajstić information content (AvgIpc) is 3.00. The number of anilines is 1. The molecular formula is C23H25N3O4S. The quantitative estimate of drug-likeness (QED) is 0.538. The Labute approximate surface area is 185 Å². The first-order valence-corrected chi connectivity index (χ1v) is 10.9. The molecule has 1 N–H and O–H groups in total. The zero-order valence-electron chi connectivity index (χ0n) is 18.0. The predicted molar refractivity (Wildman–Crippen MR) is 123 cm³/mol. The summed E-state index contributed by atoms with van der Waals surface area (Å²) in [5.74, 6) is -0.692. The van der Waals surface area contributed by atoms with Crippen LogP contribution in [0.5, 0.6) is 5.75 Å². The van der Waals surface area contributed by atoms with E-state index in [2.05, 4.69) is 10.3 Å². The molecule has 0 aliphatic carbocycles. The summed E-state index contributed by atoms with van der Waals surface area (Å²) in [7, 11) is 0. The molecule has 1 heterocycles. The number of rotatable bonds is 6. The van der Waals surface area contributed by atoms with Gasteiger partial charge in [-0.05, 0) is 56.2 Å². The highest BCUT2D eigenvalue weighted by atomic mass is 32.2. The number of nitrogens with zero attached hydrogens (tertiary/aromatic N) is 2. The normalized spacial score (nSPS) is 17.2. The second-order valence-electron chi connectivity index (χ2n) is 7.19. The third-order valence-corrected chi connectivity index (χ3v) is 6.01. The van der Waals surface area contributed by atoms with E-state index in [1.54, 1.807) is 29.2 Å².